The van der Waals surface area contributed by atoms with E-state index in [-0.39, 0.29) is 23.1 Å². The molecule has 0 atom stereocenters. The average Bonchev–Trinajstić information content (AvgIpc) is 2.58. The molecule has 0 saturated heterocycles. The predicted molar refractivity (Wildman–Crippen MR) is 88.5 cm³/mol. The van der Waals surface area contributed by atoms with E-state index in [1.54, 1.807) is 0 Å². The maximum Gasteiger partial charge on any atom is 0.336 e. The highest BCUT2D eigenvalue weighted by Gasteiger charge is 2.18. The molecule has 2 aromatic heterocycles. The summed E-state index contributed by atoms with van der Waals surface area (Å²) in [6, 6.07) is 10.6. The number of H-pyrrole nitrogens is 1. The van der Waals surface area contributed by atoms with Gasteiger partial charge < -0.3 is 5.11 Å². The second kappa shape index (κ2) is 6.11. The van der Waals surface area contributed by atoms with Crippen molar-refractivity contribution >= 4 is 17.0 Å². The minimum absolute atomic E-state index is 0.0874. The largest absolute Gasteiger partial charge is 0.478 e. The van der Waals surface area contributed by atoms with Crippen molar-refractivity contribution in [1.82, 2.24) is 14.5 Å². The molecule has 3 rings (SSSR count). The van der Waals surface area contributed by atoms with Crippen LogP contribution in [0.4, 0.5) is 0 Å². The Balaban J connectivity index is 2.37. The number of benzene rings is 1. The fraction of sp³-hybridized carbons (Fsp3) is 0.176. The topological polar surface area (TPSA) is 105 Å². The van der Waals surface area contributed by atoms with Crippen LogP contribution in [0.2, 0.25) is 0 Å². The summed E-state index contributed by atoms with van der Waals surface area (Å²) in [5.74, 6) is -1.23. The number of hydrogen-bond donors (Lipinski definition) is 2. The number of nitrogens with zero attached hydrogens (tertiary/aromatic N) is 2. The van der Waals surface area contributed by atoms with E-state index in [4.69, 9.17) is 0 Å². The first-order valence-corrected chi connectivity index (χ1v) is 7.45. The van der Waals surface area contributed by atoms with Gasteiger partial charge in [0.2, 0.25) is 0 Å². The van der Waals surface area contributed by atoms with Gasteiger partial charge in [-0.05, 0) is 18.1 Å². The molecule has 2 N–H and O–H groups in total. The first-order chi connectivity index (χ1) is 11.5. The van der Waals surface area contributed by atoms with Crippen molar-refractivity contribution in [2.24, 2.45) is 0 Å². The third-order valence-corrected chi connectivity index (χ3v) is 3.78. The lowest BCUT2D eigenvalue weighted by molar-refractivity contribution is 0.0698. The number of rotatable bonds is 4. The summed E-state index contributed by atoms with van der Waals surface area (Å²) >= 11 is 0. The third-order valence-electron chi connectivity index (χ3n) is 3.78. The summed E-state index contributed by atoms with van der Waals surface area (Å²) in [6.45, 7) is 2.01. The van der Waals surface area contributed by atoms with Crippen LogP contribution in [-0.4, -0.2) is 25.6 Å². The number of carbonyl (C=O) groups is 1. The van der Waals surface area contributed by atoms with Gasteiger partial charge in [-0.15, -0.1) is 0 Å². The second-order valence-corrected chi connectivity index (χ2v) is 5.35. The van der Waals surface area contributed by atoms with E-state index in [0.29, 0.717) is 12.1 Å². The van der Waals surface area contributed by atoms with Crippen LogP contribution in [0, 0.1) is 0 Å². The lowest BCUT2D eigenvalue weighted by atomic mass is 10.1. The molecule has 0 aliphatic carbocycles. The van der Waals surface area contributed by atoms with Crippen LogP contribution in [0.1, 0.15) is 28.5 Å². The predicted octanol–water partition coefficient (Wildman–Crippen LogP) is 1.39. The molecule has 1 aromatic carbocycles. The Kier molecular flexibility index (Phi) is 3.99. The fourth-order valence-electron chi connectivity index (χ4n) is 2.59. The molecule has 24 heavy (non-hydrogen) atoms. The monoisotopic (exact) mass is 325 g/mol. The summed E-state index contributed by atoms with van der Waals surface area (Å²) in [5.41, 5.74) is -0.0789. The molecule has 0 saturated carbocycles. The van der Waals surface area contributed by atoms with Gasteiger partial charge >= 0.3 is 11.7 Å². The van der Waals surface area contributed by atoms with Crippen molar-refractivity contribution in [2.45, 2.75) is 19.9 Å². The smallest absolute Gasteiger partial charge is 0.336 e. The molecular formula is C17H15N3O4. The first-order valence-electron chi connectivity index (χ1n) is 7.45. The van der Waals surface area contributed by atoms with Gasteiger partial charge in [0.15, 0.2) is 5.65 Å². The molecule has 0 unspecified atom stereocenters. The van der Waals surface area contributed by atoms with E-state index in [0.717, 1.165) is 5.56 Å². The van der Waals surface area contributed by atoms with Gasteiger partial charge in [0, 0.05) is 5.69 Å². The molecule has 0 aliphatic rings. The summed E-state index contributed by atoms with van der Waals surface area (Å²) in [6.07, 6.45) is 0.489. The molecule has 7 heteroatoms. The van der Waals surface area contributed by atoms with Gasteiger partial charge in [0.25, 0.3) is 5.56 Å². The van der Waals surface area contributed by atoms with E-state index in [1.165, 1.54) is 10.6 Å². The van der Waals surface area contributed by atoms with Crippen molar-refractivity contribution in [3.05, 3.63) is 74.1 Å². The highest BCUT2D eigenvalue weighted by molar-refractivity contribution is 6.01. The van der Waals surface area contributed by atoms with Crippen molar-refractivity contribution in [2.75, 3.05) is 0 Å². The molecule has 0 aliphatic heterocycles. The minimum atomic E-state index is -1.23. The number of carboxylic acid groups (broad SMARTS) is 1. The van der Waals surface area contributed by atoms with Crippen LogP contribution in [0.5, 0.6) is 0 Å². The van der Waals surface area contributed by atoms with Crippen molar-refractivity contribution in [3.8, 4) is 0 Å². The Bertz CT molecular complexity index is 1040. The van der Waals surface area contributed by atoms with E-state index < -0.39 is 17.2 Å². The van der Waals surface area contributed by atoms with E-state index in [1.807, 2.05) is 37.3 Å². The normalized spacial score (nSPS) is 10.9. The second-order valence-electron chi connectivity index (χ2n) is 5.35. The Morgan fingerprint density at radius 1 is 1.25 bits per heavy atom. The molecule has 7 nitrogen and oxygen atoms in total. The van der Waals surface area contributed by atoms with Crippen LogP contribution in [0.15, 0.2) is 46.0 Å². The number of aromatic amines is 1. The molecule has 0 bridgehead atoms. The van der Waals surface area contributed by atoms with Crippen LogP contribution in [-0.2, 0) is 13.0 Å². The molecule has 0 amide bonds. The quantitative estimate of drug-likeness (QED) is 0.754. The summed E-state index contributed by atoms with van der Waals surface area (Å²) < 4.78 is 1.29. The number of aromatic carboxylic acids is 1. The molecular weight excluding hydrogens is 310 g/mol. The standard InChI is InChI=1S/C17H15N3O4/c1-2-11-8-12(16(22)23)13-14(18-11)20(17(24)19-15(13)21)9-10-6-4-3-5-7-10/h3-8H,2,9H2,1H3,(H,22,23)(H,19,21,24). The van der Waals surface area contributed by atoms with Crippen LogP contribution < -0.4 is 11.2 Å². The van der Waals surface area contributed by atoms with E-state index in [2.05, 4.69) is 9.97 Å². The Morgan fingerprint density at radius 3 is 2.58 bits per heavy atom. The van der Waals surface area contributed by atoms with Gasteiger partial charge in [0.05, 0.1) is 17.5 Å². The fourth-order valence-corrected chi connectivity index (χ4v) is 2.59. The maximum absolute atomic E-state index is 12.3. The van der Waals surface area contributed by atoms with Gasteiger partial charge in [0.1, 0.15) is 0 Å². The Hall–Kier alpha value is -3.22. The lowest BCUT2D eigenvalue weighted by Crippen LogP contribution is -2.32. The van der Waals surface area contributed by atoms with Gasteiger partial charge in [-0.2, -0.15) is 0 Å². The summed E-state index contributed by atoms with van der Waals surface area (Å²) in [4.78, 5) is 42.5. The molecule has 122 valence electrons. The molecule has 0 radical (unpaired) electrons. The van der Waals surface area contributed by atoms with Crippen LogP contribution in [0.25, 0.3) is 11.0 Å². The number of aryl methyl sites for hydroxylation is 1. The van der Waals surface area contributed by atoms with Crippen LogP contribution in [0.3, 0.4) is 0 Å². The van der Waals surface area contributed by atoms with E-state index >= 15 is 0 Å². The Morgan fingerprint density at radius 2 is 1.96 bits per heavy atom. The SMILES string of the molecule is CCc1cc(C(=O)O)c2c(=O)[nH]c(=O)n(Cc3ccccc3)c2n1. The van der Waals surface area contributed by atoms with Gasteiger partial charge in [-0.1, -0.05) is 37.3 Å². The molecule has 0 spiro atoms. The third kappa shape index (κ3) is 2.71. The zero-order valence-corrected chi connectivity index (χ0v) is 12.9. The summed E-state index contributed by atoms with van der Waals surface area (Å²) in [5, 5.41) is 9.32. The highest BCUT2D eigenvalue weighted by Crippen LogP contribution is 2.15. The van der Waals surface area contributed by atoms with E-state index in [9.17, 15) is 19.5 Å². The summed E-state index contributed by atoms with van der Waals surface area (Å²) in [7, 11) is 0. The maximum atomic E-state index is 12.3. The highest BCUT2D eigenvalue weighted by atomic mass is 16.4. The number of hydrogen-bond acceptors (Lipinski definition) is 4. The van der Waals surface area contributed by atoms with Gasteiger partial charge in [-0.3, -0.25) is 14.3 Å². The number of nitrogens with one attached hydrogen (secondary N) is 1. The zero-order chi connectivity index (χ0) is 17.3. The Labute approximate surface area is 136 Å². The number of pyridine rings is 1. The molecule has 2 heterocycles. The first kappa shape index (κ1) is 15.7. The number of fused-ring (bicyclic) bond motifs is 1. The zero-order valence-electron chi connectivity index (χ0n) is 12.9. The van der Waals surface area contributed by atoms with Crippen molar-refractivity contribution < 1.29 is 9.90 Å². The molecule has 0 fully saturated rings. The average molecular weight is 325 g/mol. The van der Waals surface area contributed by atoms with Crippen molar-refractivity contribution in [1.29, 1.82) is 0 Å². The number of aromatic nitrogens is 3. The van der Waals surface area contributed by atoms with Crippen LogP contribution >= 0.6 is 0 Å². The molecule has 3 aromatic rings. The van der Waals surface area contributed by atoms with Crippen molar-refractivity contribution in [3.63, 3.8) is 0 Å². The van der Waals surface area contributed by atoms with Gasteiger partial charge in [-0.25, -0.2) is 14.6 Å². The number of carboxylic acids is 1. The lowest BCUT2D eigenvalue weighted by Gasteiger charge is -2.11. The minimum Gasteiger partial charge on any atom is -0.478 e.